The van der Waals surface area contributed by atoms with E-state index in [9.17, 15) is 0 Å². The molecule has 1 N–H and O–H groups in total. The average Bonchev–Trinajstić information content (AvgIpc) is 3.93. The SMILES string of the molecule is CO.COCCOCCOc1ccc2c(c1)C(=Nc1cc(OC)ccn1)[N-]C2=Nc1cc(OC)ccn1.COCCOCCOc1ccc2c(c1)C(=Nc1cc(OC)ccn1)[N-]C2=Nc1cc(OC)ccn1.[Ni+2]. The number of pyridine rings is 4. The third-order valence-electron chi connectivity index (χ3n) is 9.92. The number of methoxy groups -OCH3 is 6. The summed E-state index contributed by atoms with van der Waals surface area (Å²) < 4.78 is 53.7. The number of rotatable bonds is 22. The minimum Gasteiger partial charge on any atom is -0.497 e. The van der Waals surface area contributed by atoms with Crippen molar-refractivity contribution in [2.45, 2.75) is 0 Å². The van der Waals surface area contributed by atoms with Crippen LogP contribution in [-0.2, 0) is 35.4 Å². The van der Waals surface area contributed by atoms with Crippen molar-refractivity contribution < 1.29 is 69.0 Å². The van der Waals surface area contributed by atoms with Crippen molar-refractivity contribution in [1.29, 1.82) is 0 Å². The predicted molar refractivity (Wildman–Crippen MR) is 272 cm³/mol. The van der Waals surface area contributed by atoms with E-state index >= 15 is 0 Å². The molecule has 2 aliphatic heterocycles. The number of hydrogen-bond acceptors (Lipinski definition) is 19. The largest absolute Gasteiger partial charge is 2.00 e. The first-order valence-electron chi connectivity index (χ1n) is 22.3. The Hall–Kier alpha value is -7.59. The summed E-state index contributed by atoms with van der Waals surface area (Å²) in [5, 5.41) is 16.3. The Morgan fingerprint density at radius 1 is 0.370 bits per heavy atom. The maximum Gasteiger partial charge on any atom is 2.00 e. The molecule has 0 saturated carbocycles. The quantitative estimate of drug-likeness (QED) is 0.0504. The Bertz CT molecular complexity index is 2630. The number of aliphatic hydroxyl groups excluding tert-OH is 1. The van der Waals surface area contributed by atoms with Crippen LogP contribution in [0.25, 0.3) is 10.6 Å². The van der Waals surface area contributed by atoms with Gasteiger partial charge in [0.25, 0.3) is 0 Å². The van der Waals surface area contributed by atoms with Gasteiger partial charge < -0.3 is 83.1 Å². The van der Waals surface area contributed by atoms with E-state index in [-0.39, 0.29) is 16.5 Å². The van der Waals surface area contributed by atoms with Gasteiger partial charge in [0, 0.05) is 93.7 Å². The molecule has 22 heteroatoms. The minimum atomic E-state index is 0. The van der Waals surface area contributed by atoms with Gasteiger partial charge in [-0.1, -0.05) is 0 Å². The third kappa shape index (κ3) is 16.7. The van der Waals surface area contributed by atoms with E-state index in [4.69, 9.17) is 52.5 Å². The molecule has 0 amide bonds. The fourth-order valence-electron chi connectivity index (χ4n) is 6.48. The van der Waals surface area contributed by atoms with Crippen molar-refractivity contribution in [2.75, 3.05) is 103 Å². The summed E-state index contributed by atoms with van der Waals surface area (Å²) in [6.45, 7) is 3.83. The monoisotopic (exact) mass is 1040 g/mol. The van der Waals surface area contributed by atoms with Crippen molar-refractivity contribution in [1.82, 2.24) is 19.9 Å². The molecule has 2 aromatic carbocycles. The minimum absolute atomic E-state index is 0. The molecule has 0 bridgehead atoms. The third-order valence-corrected chi connectivity index (χ3v) is 9.92. The molecule has 0 aliphatic carbocycles. The fourth-order valence-corrected chi connectivity index (χ4v) is 6.48. The van der Waals surface area contributed by atoms with Crippen LogP contribution in [-0.4, -0.2) is 151 Å². The van der Waals surface area contributed by atoms with E-state index in [1.165, 1.54) is 0 Å². The molecule has 2 aliphatic rings. The van der Waals surface area contributed by atoms with Gasteiger partial charge in [0.1, 0.15) is 47.7 Å². The fraction of sp³-hybridized carbons (Fsp3) is 0.294. The molecule has 0 unspecified atom stereocenters. The molecular formula is C51H56N10NiO11. The summed E-state index contributed by atoms with van der Waals surface area (Å²) in [6.07, 6.45) is 6.53. The number of aromatic nitrogens is 4. The van der Waals surface area contributed by atoms with Crippen LogP contribution in [0.3, 0.4) is 0 Å². The first-order chi connectivity index (χ1) is 35.4. The van der Waals surface area contributed by atoms with Crippen LogP contribution in [0, 0.1) is 0 Å². The van der Waals surface area contributed by atoms with E-state index in [2.05, 4.69) is 50.5 Å². The number of nitrogens with zero attached hydrogens (tertiary/aromatic N) is 10. The maximum absolute atomic E-state index is 7.00. The standard InChI is InChI=1S/2C25H26N5O5.CH4O.Ni/c2*1-31-10-11-34-12-13-35-19-4-5-20-21(14-19)25(29-23-16-18(33-3)7-9-27-23)30-24(20)28-22-15-17(32-2)6-8-26-22;1-2;/h2*4-9,14-16H,10-13H2,1-3H3;2H,1H3;/q2*-1;;+2. The van der Waals surface area contributed by atoms with Gasteiger partial charge in [-0.15, -0.1) is 0 Å². The molecule has 0 radical (unpaired) electrons. The molecule has 4 aromatic heterocycles. The number of hydrogen-bond donors (Lipinski definition) is 1. The number of amidine groups is 4. The van der Waals surface area contributed by atoms with Gasteiger partial charge in [-0.25, -0.2) is 0 Å². The van der Waals surface area contributed by atoms with Crippen molar-refractivity contribution in [3.05, 3.63) is 143 Å². The Morgan fingerprint density at radius 3 is 0.973 bits per heavy atom. The second-order valence-electron chi connectivity index (χ2n) is 14.5. The summed E-state index contributed by atoms with van der Waals surface area (Å²) >= 11 is 0. The molecule has 6 aromatic rings. The molecule has 21 nitrogen and oxygen atoms in total. The van der Waals surface area contributed by atoms with Crippen molar-refractivity contribution in [2.24, 2.45) is 20.0 Å². The van der Waals surface area contributed by atoms with Crippen LogP contribution in [0.4, 0.5) is 23.3 Å². The van der Waals surface area contributed by atoms with E-state index in [0.29, 0.717) is 134 Å². The smallest absolute Gasteiger partial charge is 0.497 e. The van der Waals surface area contributed by atoms with E-state index < -0.39 is 0 Å². The van der Waals surface area contributed by atoms with Crippen LogP contribution in [0.15, 0.2) is 130 Å². The van der Waals surface area contributed by atoms with Crippen LogP contribution >= 0.6 is 0 Å². The Kier molecular flexibility index (Phi) is 23.4. The summed E-state index contributed by atoms with van der Waals surface area (Å²) in [5.74, 6) is 7.72. The van der Waals surface area contributed by atoms with Crippen LogP contribution in [0.1, 0.15) is 22.3 Å². The van der Waals surface area contributed by atoms with Crippen molar-refractivity contribution in [3.63, 3.8) is 0 Å². The van der Waals surface area contributed by atoms with Gasteiger partial charge in [-0.3, -0.25) is 19.9 Å². The van der Waals surface area contributed by atoms with Crippen LogP contribution in [0.5, 0.6) is 34.5 Å². The number of ether oxygens (including phenoxy) is 10. The van der Waals surface area contributed by atoms with Gasteiger partial charge in [-0.2, -0.15) is 0 Å². The molecule has 0 fully saturated rings. The Morgan fingerprint density at radius 2 is 0.671 bits per heavy atom. The maximum atomic E-state index is 7.00. The van der Waals surface area contributed by atoms with Gasteiger partial charge in [-0.05, 0) is 82.9 Å². The Balaban J connectivity index is 0.000000258. The summed E-state index contributed by atoms with van der Waals surface area (Å²) in [5.41, 5.74) is 3.16. The Labute approximate surface area is 433 Å². The molecule has 8 rings (SSSR count). The molecule has 0 saturated heterocycles. The number of fused-ring (bicyclic) bond motifs is 2. The van der Waals surface area contributed by atoms with Crippen LogP contribution < -0.4 is 28.4 Å². The molecule has 73 heavy (non-hydrogen) atoms. The van der Waals surface area contributed by atoms with Crippen molar-refractivity contribution in [3.8, 4) is 34.5 Å². The van der Waals surface area contributed by atoms with Gasteiger partial charge >= 0.3 is 16.5 Å². The zero-order chi connectivity index (χ0) is 50.9. The normalized spacial score (nSPS) is 14.1. The van der Waals surface area contributed by atoms with E-state index in [1.807, 2.05) is 36.4 Å². The second-order valence-corrected chi connectivity index (χ2v) is 14.5. The van der Waals surface area contributed by atoms with E-state index in [1.54, 1.807) is 116 Å². The molecule has 6 heterocycles. The second kappa shape index (κ2) is 30.3. The molecular weight excluding hydrogens is 987 g/mol. The number of aliphatic imine (C=N–C) groups is 4. The topological polar surface area (TPSA) is 242 Å². The average molecular weight is 1040 g/mol. The summed E-state index contributed by atoms with van der Waals surface area (Å²) in [7, 11) is 10.6. The molecule has 386 valence electrons. The van der Waals surface area contributed by atoms with Gasteiger partial charge in [0.05, 0.1) is 91.4 Å². The van der Waals surface area contributed by atoms with Crippen LogP contribution in [0.2, 0.25) is 0 Å². The molecule has 0 spiro atoms. The zero-order valence-corrected chi connectivity index (χ0v) is 42.4. The number of aliphatic hydroxyl groups is 1. The van der Waals surface area contributed by atoms with Gasteiger partial charge in [0.15, 0.2) is 0 Å². The zero-order valence-electron chi connectivity index (χ0n) is 41.4. The summed E-state index contributed by atoms with van der Waals surface area (Å²) in [4.78, 5) is 35.8. The molecule has 0 atom stereocenters. The number of benzene rings is 2. The van der Waals surface area contributed by atoms with Gasteiger partial charge in [0.2, 0.25) is 0 Å². The van der Waals surface area contributed by atoms with E-state index in [0.717, 1.165) is 29.4 Å². The predicted octanol–water partition coefficient (Wildman–Crippen LogP) is 7.77. The first kappa shape index (κ1) is 56.3. The first-order valence-corrected chi connectivity index (χ1v) is 22.3. The van der Waals surface area contributed by atoms with Crippen molar-refractivity contribution >= 4 is 46.6 Å². The summed E-state index contributed by atoms with van der Waals surface area (Å²) in [6, 6.07) is 25.3.